The topological polar surface area (TPSA) is 59.3 Å². The third-order valence-electron chi connectivity index (χ3n) is 4.62. The maximum absolute atomic E-state index is 12.8. The highest BCUT2D eigenvalue weighted by Gasteiger charge is 2.12. The number of aromatic nitrogens is 1. The molecule has 3 rings (SSSR count). The number of carbonyl (C=O) groups is 2. The van der Waals surface area contributed by atoms with Crippen molar-refractivity contribution in [1.82, 2.24) is 4.57 Å². The summed E-state index contributed by atoms with van der Waals surface area (Å²) in [6.07, 6.45) is 7.48. The number of aliphatic carboxylic acids is 1. The molecule has 146 valence electrons. The van der Waals surface area contributed by atoms with Crippen molar-refractivity contribution in [3.63, 3.8) is 0 Å². The summed E-state index contributed by atoms with van der Waals surface area (Å²) in [6.45, 7) is 4.13. The van der Waals surface area contributed by atoms with E-state index in [2.05, 4.69) is 0 Å². The smallest absolute Gasteiger partial charge is 0.331 e. The van der Waals surface area contributed by atoms with Crippen LogP contribution in [0.15, 0.2) is 78.5 Å². The first-order valence-corrected chi connectivity index (χ1v) is 9.39. The number of rotatable bonds is 7. The van der Waals surface area contributed by atoms with Crippen LogP contribution in [0.5, 0.6) is 0 Å². The van der Waals surface area contributed by atoms with Crippen LogP contribution in [-0.2, 0) is 11.3 Å². The lowest BCUT2D eigenvalue weighted by molar-refractivity contribution is -0.132. The molecule has 0 saturated carbocycles. The van der Waals surface area contributed by atoms with Gasteiger partial charge in [0.1, 0.15) is 0 Å². The van der Waals surface area contributed by atoms with Crippen molar-refractivity contribution >= 4 is 23.9 Å². The summed E-state index contributed by atoms with van der Waals surface area (Å²) in [5.41, 5.74) is 4.53. The Morgan fingerprint density at radius 2 is 1.72 bits per heavy atom. The summed E-state index contributed by atoms with van der Waals surface area (Å²) in [7, 11) is 0. The summed E-state index contributed by atoms with van der Waals surface area (Å²) in [5, 5.41) is 9.01. The van der Waals surface area contributed by atoms with Crippen LogP contribution >= 0.6 is 0 Å². The highest BCUT2D eigenvalue weighted by molar-refractivity contribution is 6.08. The van der Waals surface area contributed by atoms with Crippen LogP contribution in [0.2, 0.25) is 0 Å². The number of carboxylic acid groups (broad SMARTS) is 1. The van der Waals surface area contributed by atoms with Crippen molar-refractivity contribution < 1.29 is 14.7 Å². The van der Waals surface area contributed by atoms with Crippen LogP contribution in [0.25, 0.3) is 12.2 Å². The Labute approximate surface area is 170 Å². The number of allylic oxidation sites excluding steroid dienone is 1. The highest BCUT2D eigenvalue weighted by Crippen LogP contribution is 2.14. The SMILES string of the molecule is CC(=Cc1cccc(C=CCn2cccc2C(=O)c2ccc(C)cc2)c1)C(=O)O. The van der Waals surface area contributed by atoms with Gasteiger partial charge < -0.3 is 9.67 Å². The molecule has 0 aliphatic heterocycles. The van der Waals surface area contributed by atoms with Crippen molar-refractivity contribution in [3.8, 4) is 0 Å². The fraction of sp³-hybridized carbons (Fsp3) is 0.120. The third-order valence-corrected chi connectivity index (χ3v) is 4.62. The normalized spacial score (nSPS) is 11.7. The Morgan fingerprint density at radius 3 is 2.45 bits per heavy atom. The first-order valence-electron chi connectivity index (χ1n) is 9.39. The van der Waals surface area contributed by atoms with E-state index in [1.54, 1.807) is 13.0 Å². The van der Waals surface area contributed by atoms with Gasteiger partial charge in [-0.2, -0.15) is 0 Å². The van der Waals surface area contributed by atoms with E-state index in [9.17, 15) is 9.59 Å². The summed E-state index contributed by atoms with van der Waals surface area (Å²) in [4.78, 5) is 23.8. The minimum absolute atomic E-state index is 0.000296. The van der Waals surface area contributed by atoms with Crippen LogP contribution in [0.1, 0.15) is 39.7 Å². The second-order valence-electron chi connectivity index (χ2n) is 6.95. The molecule has 0 bridgehead atoms. The van der Waals surface area contributed by atoms with Crippen molar-refractivity contribution in [1.29, 1.82) is 0 Å². The van der Waals surface area contributed by atoms with Crippen LogP contribution in [0, 0.1) is 6.92 Å². The lowest BCUT2D eigenvalue weighted by Crippen LogP contribution is -2.09. The predicted octanol–water partition coefficient (Wildman–Crippen LogP) is 5.23. The van der Waals surface area contributed by atoms with E-state index in [0.29, 0.717) is 17.8 Å². The van der Waals surface area contributed by atoms with Gasteiger partial charge >= 0.3 is 5.97 Å². The maximum atomic E-state index is 12.8. The van der Waals surface area contributed by atoms with E-state index in [0.717, 1.165) is 16.7 Å². The minimum Gasteiger partial charge on any atom is -0.478 e. The van der Waals surface area contributed by atoms with Crippen molar-refractivity contribution in [3.05, 3.63) is 106 Å². The summed E-state index contributed by atoms with van der Waals surface area (Å²) in [5.74, 6) is -0.927. The van der Waals surface area contributed by atoms with E-state index in [-0.39, 0.29) is 11.4 Å². The number of carbonyl (C=O) groups excluding carboxylic acids is 1. The summed E-state index contributed by atoms with van der Waals surface area (Å²) >= 11 is 0. The average molecular weight is 385 g/mol. The molecule has 1 heterocycles. The van der Waals surface area contributed by atoms with Gasteiger partial charge in [-0.3, -0.25) is 4.79 Å². The fourth-order valence-electron chi connectivity index (χ4n) is 3.00. The standard InChI is InChI=1S/C25H23NO3/c1-18-10-12-22(13-11-18)24(27)23-9-5-15-26(23)14-4-8-20-6-3-7-21(17-20)16-19(2)25(28)29/h3-13,15-17H,14H2,1-2H3,(H,28,29). The molecule has 0 spiro atoms. The predicted molar refractivity (Wildman–Crippen MR) is 116 cm³/mol. The number of benzene rings is 2. The van der Waals surface area contributed by atoms with Crippen LogP contribution < -0.4 is 0 Å². The minimum atomic E-state index is -0.927. The van der Waals surface area contributed by atoms with Gasteiger partial charge in [0.25, 0.3) is 0 Å². The molecular weight excluding hydrogens is 362 g/mol. The second-order valence-corrected chi connectivity index (χ2v) is 6.95. The van der Waals surface area contributed by atoms with Crippen LogP contribution in [0.3, 0.4) is 0 Å². The Balaban J connectivity index is 1.73. The van der Waals surface area contributed by atoms with Crippen molar-refractivity contribution in [2.24, 2.45) is 0 Å². The molecule has 0 aliphatic rings. The number of ketones is 1. The zero-order valence-corrected chi connectivity index (χ0v) is 16.5. The molecule has 4 heteroatoms. The van der Waals surface area contributed by atoms with E-state index in [1.165, 1.54) is 0 Å². The van der Waals surface area contributed by atoms with E-state index >= 15 is 0 Å². The van der Waals surface area contributed by atoms with Gasteiger partial charge in [-0.15, -0.1) is 0 Å². The van der Waals surface area contributed by atoms with Gasteiger partial charge in [0.15, 0.2) is 0 Å². The number of carboxylic acids is 1. The highest BCUT2D eigenvalue weighted by atomic mass is 16.4. The molecule has 0 atom stereocenters. The molecule has 0 saturated heterocycles. The molecule has 29 heavy (non-hydrogen) atoms. The second kappa shape index (κ2) is 9.02. The molecule has 3 aromatic rings. The first-order chi connectivity index (χ1) is 13.9. The Kier molecular flexibility index (Phi) is 6.25. The zero-order valence-electron chi connectivity index (χ0n) is 16.5. The molecule has 1 N–H and O–H groups in total. The Bertz CT molecular complexity index is 1090. The molecule has 0 radical (unpaired) electrons. The molecule has 1 aromatic heterocycles. The lowest BCUT2D eigenvalue weighted by atomic mass is 10.1. The fourth-order valence-corrected chi connectivity index (χ4v) is 3.00. The quantitative estimate of drug-likeness (QED) is 0.448. The lowest BCUT2D eigenvalue weighted by Gasteiger charge is -2.06. The van der Waals surface area contributed by atoms with Crippen molar-refractivity contribution in [2.75, 3.05) is 0 Å². The summed E-state index contributed by atoms with van der Waals surface area (Å²) < 4.78 is 1.91. The molecule has 0 aliphatic carbocycles. The Hall–Kier alpha value is -3.66. The van der Waals surface area contributed by atoms with E-state index < -0.39 is 5.97 Å². The molecule has 0 unspecified atom stereocenters. The van der Waals surface area contributed by atoms with Gasteiger partial charge in [0.05, 0.1) is 5.69 Å². The van der Waals surface area contributed by atoms with E-state index in [4.69, 9.17) is 5.11 Å². The van der Waals surface area contributed by atoms with Gasteiger partial charge in [-0.1, -0.05) is 60.2 Å². The molecule has 0 amide bonds. The first kappa shape index (κ1) is 20.1. The van der Waals surface area contributed by atoms with Gasteiger partial charge in [-0.05, 0) is 49.2 Å². The number of nitrogens with zero attached hydrogens (tertiary/aromatic N) is 1. The van der Waals surface area contributed by atoms with Gasteiger partial charge in [0.2, 0.25) is 5.78 Å². The van der Waals surface area contributed by atoms with Gasteiger partial charge in [0, 0.05) is 23.9 Å². The molecule has 4 nitrogen and oxygen atoms in total. The Morgan fingerprint density at radius 1 is 1.00 bits per heavy atom. The average Bonchev–Trinajstić information content (AvgIpc) is 3.17. The van der Waals surface area contributed by atoms with Gasteiger partial charge in [-0.25, -0.2) is 4.79 Å². The van der Waals surface area contributed by atoms with Crippen LogP contribution in [0.4, 0.5) is 0 Å². The monoisotopic (exact) mass is 385 g/mol. The third kappa shape index (κ3) is 5.20. The zero-order chi connectivity index (χ0) is 20.8. The number of hydrogen-bond acceptors (Lipinski definition) is 2. The molecule has 0 fully saturated rings. The number of aryl methyl sites for hydroxylation is 1. The molecule has 2 aromatic carbocycles. The molecular formula is C25H23NO3. The number of hydrogen-bond donors (Lipinski definition) is 1. The maximum Gasteiger partial charge on any atom is 0.331 e. The van der Waals surface area contributed by atoms with E-state index in [1.807, 2.05) is 90.5 Å². The van der Waals surface area contributed by atoms with Crippen LogP contribution in [-0.4, -0.2) is 21.4 Å². The largest absolute Gasteiger partial charge is 0.478 e. The van der Waals surface area contributed by atoms with Crippen molar-refractivity contribution in [2.45, 2.75) is 20.4 Å². The summed E-state index contributed by atoms with van der Waals surface area (Å²) in [6, 6.07) is 18.9.